The average Bonchev–Trinajstić information content (AvgIpc) is 2.58. The minimum absolute atomic E-state index is 0.471. The van der Waals surface area contributed by atoms with Crippen LogP contribution in [-0.2, 0) is 0 Å². The molecular formula is C10H15NO. The zero-order chi connectivity index (χ0) is 8.55. The third kappa shape index (κ3) is 1.27. The van der Waals surface area contributed by atoms with E-state index in [1.807, 2.05) is 6.92 Å². The van der Waals surface area contributed by atoms with E-state index in [1.165, 1.54) is 18.4 Å². The Kier molecular flexibility index (Phi) is 1.93. The Bertz CT molecular complexity index is 271. The topological polar surface area (TPSA) is 25.2 Å². The van der Waals surface area contributed by atoms with Crippen LogP contribution in [0.15, 0.2) is 10.5 Å². The summed E-state index contributed by atoms with van der Waals surface area (Å²) in [5, 5.41) is 3.43. The molecule has 2 nitrogen and oxygen atoms in total. The van der Waals surface area contributed by atoms with Gasteiger partial charge in [0.2, 0.25) is 0 Å². The van der Waals surface area contributed by atoms with Crippen LogP contribution in [0.5, 0.6) is 0 Å². The largest absolute Gasteiger partial charge is 0.464 e. The molecule has 1 atom stereocenters. The van der Waals surface area contributed by atoms with Gasteiger partial charge in [0.15, 0.2) is 0 Å². The standard InChI is InChI=1S/C10H15NO/c1-7-6-8(2)12-10(7)9-4-3-5-11-9/h6,9,11H,3-5H2,1-2H3. The van der Waals surface area contributed by atoms with E-state index in [2.05, 4.69) is 18.3 Å². The predicted octanol–water partition coefficient (Wildman–Crippen LogP) is 2.32. The van der Waals surface area contributed by atoms with Gasteiger partial charge in [-0.05, 0) is 44.9 Å². The molecule has 0 saturated carbocycles. The zero-order valence-electron chi connectivity index (χ0n) is 7.68. The van der Waals surface area contributed by atoms with Crippen LogP contribution in [0.2, 0.25) is 0 Å². The summed E-state index contributed by atoms with van der Waals surface area (Å²) in [5.41, 5.74) is 1.28. The molecule has 0 aromatic carbocycles. The van der Waals surface area contributed by atoms with Crippen molar-refractivity contribution in [3.63, 3.8) is 0 Å². The molecule has 12 heavy (non-hydrogen) atoms. The zero-order valence-corrected chi connectivity index (χ0v) is 7.68. The Morgan fingerprint density at radius 2 is 2.33 bits per heavy atom. The lowest BCUT2D eigenvalue weighted by Gasteiger charge is -2.06. The number of furan rings is 1. The van der Waals surface area contributed by atoms with Gasteiger partial charge in [0.05, 0.1) is 6.04 Å². The summed E-state index contributed by atoms with van der Waals surface area (Å²) in [5.74, 6) is 2.17. The van der Waals surface area contributed by atoms with Crippen LogP contribution in [0.1, 0.15) is 36.0 Å². The molecule has 1 unspecified atom stereocenters. The molecule has 0 amide bonds. The second kappa shape index (κ2) is 2.94. The van der Waals surface area contributed by atoms with E-state index in [1.54, 1.807) is 0 Å². The summed E-state index contributed by atoms with van der Waals surface area (Å²) in [4.78, 5) is 0. The molecule has 2 rings (SSSR count). The number of hydrogen-bond acceptors (Lipinski definition) is 2. The lowest BCUT2D eigenvalue weighted by Crippen LogP contribution is -2.12. The van der Waals surface area contributed by atoms with Crippen LogP contribution in [0, 0.1) is 13.8 Å². The van der Waals surface area contributed by atoms with Crippen LogP contribution in [0.3, 0.4) is 0 Å². The molecule has 0 spiro atoms. The van der Waals surface area contributed by atoms with E-state index in [-0.39, 0.29) is 0 Å². The SMILES string of the molecule is Cc1cc(C)c(C2CCCN2)o1. The number of rotatable bonds is 1. The van der Waals surface area contributed by atoms with Crippen molar-refractivity contribution in [2.45, 2.75) is 32.7 Å². The van der Waals surface area contributed by atoms with Crippen LogP contribution in [0.4, 0.5) is 0 Å². The number of aryl methyl sites for hydroxylation is 2. The highest BCUT2D eigenvalue weighted by atomic mass is 16.3. The molecule has 2 heteroatoms. The molecule has 1 saturated heterocycles. The first-order chi connectivity index (χ1) is 5.77. The molecule has 1 fully saturated rings. The van der Waals surface area contributed by atoms with Crippen molar-refractivity contribution in [1.82, 2.24) is 5.32 Å². The quantitative estimate of drug-likeness (QED) is 0.690. The first kappa shape index (κ1) is 7.87. The van der Waals surface area contributed by atoms with Crippen LogP contribution < -0.4 is 5.32 Å². The molecular weight excluding hydrogens is 150 g/mol. The van der Waals surface area contributed by atoms with Gasteiger partial charge in [-0.2, -0.15) is 0 Å². The maximum Gasteiger partial charge on any atom is 0.123 e. The fraction of sp³-hybridized carbons (Fsp3) is 0.600. The van der Waals surface area contributed by atoms with Crippen molar-refractivity contribution in [1.29, 1.82) is 0 Å². The van der Waals surface area contributed by atoms with Gasteiger partial charge in [-0.15, -0.1) is 0 Å². The maximum atomic E-state index is 5.64. The molecule has 66 valence electrons. The minimum Gasteiger partial charge on any atom is -0.464 e. The molecule has 0 bridgehead atoms. The average molecular weight is 165 g/mol. The Balaban J connectivity index is 2.25. The highest BCUT2D eigenvalue weighted by Crippen LogP contribution is 2.27. The molecule has 2 heterocycles. The van der Waals surface area contributed by atoms with E-state index in [4.69, 9.17) is 4.42 Å². The van der Waals surface area contributed by atoms with Crippen molar-refractivity contribution in [3.05, 3.63) is 23.2 Å². The lowest BCUT2D eigenvalue weighted by molar-refractivity contribution is 0.426. The molecule has 0 radical (unpaired) electrons. The molecule has 0 aliphatic carbocycles. The summed E-state index contributed by atoms with van der Waals surface area (Å²) in [6.07, 6.45) is 2.48. The van der Waals surface area contributed by atoms with E-state index in [9.17, 15) is 0 Å². The minimum atomic E-state index is 0.471. The van der Waals surface area contributed by atoms with Gasteiger partial charge in [0.1, 0.15) is 11.5 Å². The summed E-state index contributed by atoms with van der Waals surface area (Å²) in [6, 6.07) is 2.58. The van der Waals surface area contributed by atoms with Crippen molar-refractivity contribution < 1.29 is 4.42 Å². The van der Waals surface area contributed by atoms with Crippen LogP contribution in [0.25, 0.3) is 0 Å². The summed E-state index contributed by atoms with van der Waals surface area (Å²) in [6.45, 7) is 5.25. The van der Waals surface area contributed by atoms with Gasteiger partial charge in [-0.3, -0.25) is 0 Å². The number of hydrogen-bond donors (Lipinski definition) is 1. The fourth-order valence-corrected chi connectivity index (χ4v) is 1.91. The Morgan fingerprint density at radius 3 is 2.83 bits per heavy atom. The summed E-state index contributed by atoms with van der Waals surface area (Å²) < 4.78 is 5.64. The Morgan fingerprint density at radius 1 is 1.50 bits per heavy atom. The normalized spacial score (nSPS) is 23.3. The van der Waals surface area contributed by atoms with Crippen molar-refractivity contribution in [2.75, 3.05) is 6.54 Å². The second-order valence-electron chi connectivity index (χ2n) is 3.55. The van der Waals surface area contributed by atoms with Crippen LogP contribution in [-0.4, -0.2) is 6.54 Å². The molecule has 1 aromatic rings. The second-order valence-corrected chi connectivity index (χ2v) is 3.55. The first-order valence-corrected chi connectivity index (χ1v) is 4.57. The third-order valence-electron chi connectivity index (χ3n) is 2.46. The van der Waals surface area contributed by atoms with E-state index in [0.717, 1.165) is 18.1 Å². The summed E-state index contributed by atoms with van der Waals surface area (Å²) >= 11 is 0. The predicted molar refractivity (Wildman–Crippen MR) is 48.2 cm³/mol. The lowest BCUT2D eigenvalue weighted by atomic mass is 10.1. The first-order valence-electron chi connectivity index (χ1n) is 4.57. The van der Waals surface area contributed by atoms with Crippen molar-refractivity contribution >= 4 is 0 Å². The molecule has 1 aliphatic heterocycles. The monoisotopic (exact) mass is 165 g/mol. The van der Waals surface area contributed by atoms with E-state index < -0.39 is 0 Å². The molecule has 1 aromatic heterocycles. The smallest absolute Gasteiger partial charge is 0.123 e. The maximum absolute atomic E-state index is 5.64. The van der Waals surface area contributed by atoms with Gasteiger partial charge in [0, 0.05) is 0 Å². The third-order valence-corrected chi connectivity index (χ3v) is 2.46. The van der Waals surface area contributed by atoms with Gasteiger partial charge < -0.3 is 9.73 Å². The highest BCUT2D eigenvalue weighted by molar-refractivity contribution is 5.22. The molecule has 1 N–H and O–H groups in total. The van der Waals surface area contributed by atoms with Gasteiger partial charge in [0.25, 0.3) is 0 Å². The Labute approximate surface area is 73.0 Å². The van der Waals surface area contributed by atoms with E-state index in [0.29, 0.717) is 6.04 Å². The van der Waals surface area contributed by atoms with Gasteiger partial charge in [-0.25, -0.2) is 0 Å². The molecule has 1 aliphatic rings. The van der Waals surface area contributed by atoms with Gasteiger partial charge >= 0.3 is 0 Å². The Hall–Kier alpha value is -0.760. The number of nitrogens with one attached hydrogen (secondary N) is 1. The highest BCUT2D eigenvalue weighted by Gasteiger charge is 2.21. The van der Waals surface area contributed by atoms with Crippen molar-refractivity contribution in [3.8, 4) is 0 Å². The van der Waals surface area contributed by atoms with Gasteiger partial charge in [-0.1, -0.05) is 0 Å². The van der Waals surface area contributed by atoms with E-state index >= 15 is 0 Å². The summed E-state index contributed by atoms with van der Waals surface area (Å²) in [7, 11) is 0. The van der Waals surface area contributed by atoms with Crippen LogP contribution >= 0.6 is 0 Å². The fourth-order valence-electron chi connectivity index (χ4n) is 1.91. The van der Waals surface area contributed by atoms with Crippen molar-refractivity contribution in [2.24, 2.45) is 0 Å².